The molecule has 2 aromatic rings. The molecule has 2 N–H and O–H groups in total. The van der Waals surface area contributed by atoms with E-state index in [1.54, 1.807) is 0 Å². The molecule has 12 heteroatoms. The van der Waals surface area contributed by atoms with Crippen molar-refractivity contribution < 1.29 is 35.9 Å². The van der Waals surface area contributed by atoms with E-state index in [-0.39, 0.29) is 39.0 Å². The van der Waals surface area contributed by atoms with Gasteiger partial charge in [0.1, 0.15) is 0 Å². The first-order chi connectivity index (χ1) is 16.5. The van der Waals surface area contributed by atoms with E-state index < -0.39 is 44.5 Å². The normalized spacial score (nSPS) is 23.6. The molecule has 2 amide bonds. The van der Waals surface area contributed by atoms with E-state index in [0.29, 0.717) is 25.0 Å². The lowest BCUT2D eigenvalue weighted by Gasteiger charge is -2.35. The second-order valence-electron chi connectivity index (χ2n) is 8.75. The molecule has 0 radical (unpaired) electrons. The second kappa shape index (κ2) is 9.69. The van der Waals surface area contributed by atoms with Gasteiger partial charge in [-0.2, -0.15) is 0 Å². The average Bonchev–Trinajstić information content (AvgIpc) is 3.03. The number of carbonyl (C=O) groups excluding carboxylic acids is 2. The second-order valence-corrected chi connectivity index (χ2v) is 11.4. The van der Waals surface area contributed by atoms with Crippen molar-refractivity contribution >= 4 is 39.1 Å². The number of anilines is 1. The van der Waals surface area contributed by atoms with Crippen molar-refractivity contribution in [3.8, 4) is 0 Å². The Morgan fingerprint density at radius 1 is 1.03 bits per heavy atom. The van der Waals surface area contributed by atoms with Crippen LogP contribution in [0.4, 0.5) is 23.7 Å². The fourth-order valence-corrected chi connectivity index (χ4v) is 7.46. The molecular weight excluding hydrogens is 509 g/mol. The van der Waals surface area contributed by atoms with Crippen LogP contribution in [-0.4, -0.2) is 38.8 Å². The Morgan fingerprint density at radius 3 is 2.20 bits per heavy atom. The number of halogens is 4. The van der Waals surface area contributed by atoms with Gasteiger partial charge < -0.3 is 15.4 Å². The predicted molar refractivity (Wildman–Crippen MR) is 121 cm³/mol. The Bertz CT molecular complexity index is 1250. The molecule has 0 aromatic heterocycles. The topological polar surface area (TPSA) is 102 Å². The Hall–Kier alpha value is -2.79. The molecule has 2 atom stereocenters. The van der Waals surface area contributed by atoms with E-state index in [9.17, 15) is 31.2 Å². The number of alkyl carbamates (subject to hydrolysis) is 1. The average molecular weight is 531 g/mol. The van der Waals surface area contributed by atoms with E-state index in [4.69, 9.17) is 11.6 Å². The van der Waals surface area contributed by atoms with E-state index in [1.165, 1.54) is 19.2 Å². The molecule has 188 valence electrons. The van der Waals surface area contributed by atoms with Crippen LogP contribution in [0.5, 0.6) is 0 Å². The highest BCUT2D eigenvalue weighted by Crippen LogP contribution is 2.46. The first-order valence-corrected chi connectivity index (χ1v) is 12.8. The largest absolute Gasteiger partial charge is 0.453 e. The fraction of sp³-hybridized carbons (Fsp3) is 0.391. The van der Waals surface area contributed by atoms with Crippen LogP contribution in [0, 0.1) is 29.3 Å². The summed E-state index contributed by atoms with van der Waals surface area (Å²) in [5.74, 6) is -5.57. The third kappa shape index (κ3) is 4.97. The third-order valence-corrected chi connectivity index (χ3v) is 9.36. The zero-order chi connectivity index (χ0) is 25.5. The number of amides is 2. The summed E-state index contributed by atoms with van der Waals surface area (Å²) in [6, 6.07) is 4.70. The summed E-state index contributed by atoms with van der Waals surface area (Å²) >= 11 is 6.20. The maximum absolute atomic E-state index is 13.5. The van der Waals surface area contributed by atoms with Gasteiger partial charge in [-0.05, 0) is 55.7 Å². The lowest BCUT2D eigenvalue weighted by molar-refractivity contribution is 0.102. The number of hydrogen-bond acceptors (Lipinski definition) is 5. The highest BCUT2D eigenvalue weighted by molar-refractivity contribution is 7.92. The Labute approximate surface area is 204 Å². The number of fused-ring (bicyclic) bond motifs is 2. The number of benzene rings is 2. The van der Waals surface area contributed by atoms with Gasteiger partial charge in [-0.25, -0.2) is 26.4 Å². The number of nitrogens with one attached hydrogen (secondary N) is 2. The zero-order valence-corrected chi connectivity index (χ0v) is 20.1. The maximum Gasteiger partial charge on any atom is 0.407 e. The van der Waals surface area contributed by atoms with Crippen LogP contribution in [-0.2, 0) is 14.6 Å². The van der Waals surface area contributed by atoms with Gasteiger partial charge in [0.05, 0.1) is 22.3 Å². The van der Waals surface area contributed by atoms with Crippen LogP contribution in [0.25, 0.3) is 0 Å². The van der Waals surface area contributed by atoms with Crippen molar-refractivity contribution in [1.29, 1.82) is 0 Å². The van der Waals surface area contributed by atoms with Crippen LogP contribution in [0.2, 0.25) is 5.02 Å². The molecule has 2 aromatic carbocycles. The number of methoxy groups -OCH3 is 1. The molecule has 0 spiro atoms. The van der Waals surface area contributed by atoms with Crippen molar-refractivity contribution in [1.82, 2.24) is 5.32 Å². The van der Waals surface area contributed by atoms with Gasteiger partial charge in [0.2, 0.25) is 0 Å². The molecule has 35 heavy (non-hydrogen) atoms. The maximum atomic E-state index is 13.5. The number of sulfone groups is 1. The minimum atomic E-state index is -3.95. The van der Waals surface area contributed by atoms with Crippen LogP contribution < -0.4 is 10.6 Å². The monoisotopic (exact) mass is 530 g/mol. The molecule has 2 aliphatic rings. The Kier molecular flexibility index (Phi) is 7.01. The van der Waals surface area contributed by atoms with Crippen molar-refractivity contribution in [2.24, 2.45) is 11.8 Å². The summed E-state index contributed by atoms with van der Waals surface area (Å²) in [6.07, 6.45) is 1.61. The molecule has 0 saturated heterocycles. The van der Waals surface area contributed by atoms with Crippen molar-refractivity contribution in [3.63, 3.8) is 0 Å². The predicted octanol–water partition coefficient (Wildman–Crippen LogP) is 4.70. The zero-order valence-electron chi connectivity index (χ0n) is 18.5. The standard InChI is InChI=1S/C23H22ClF3N2O5S/c1-34-23(31)29-21-11-2-3-12(21)7-15(6-11)35(32,33)19-8-13(4-5-16(19)24)22(30)28-14-9-17(25)20(27)18(26)10-14/h4-5,8-12,15,21H,2-3,6-7H2,1H3,(H,28,30)(H,29,31)/t11?,12?,15-,21-. The van der Waals surface area contributed by atoms with Crippen LogP contribution >= 0.6 is 11.6 Å². The number of ether oxygens (including phenoxy) is 1. The number of carbonyl (C=O) groups is 2. The van der Waals surface area contributed by atoms with Gasteiger partial charge in [0.15, 0.2) is 27.3 Å². The number of hydrogen-bond donors (Lipinski definition) is 2. The van der Waals surface area contributed by atoms with Crippen LogP contribution in [0.3, 0.4) is 0 Å². The summed E-state index contributed by atoms with van der Waals surface area (Å²) in [6.45, 7) is 0. The first-order valence-electron chi connectivity index (χ1n) is 10.8. The molecule has 2 fully saturated rings. The molecule has 4 rings (SSSR count). The lowest BCUT2D eigenvalue weighted by Crippen LogP contribution is -2.47. The molecule has 2 unspecified atom stereocenters. The Balaban J connectivity index is 1.55. The molecule has 2 bridgehead atoms. The third-order valence-electron chi connectivity index (χ3n) is 6.71. The van der Waals surface area contributed by atoms with Gasteiger partial charge in [-0.15, -0.1) is 0 Å². The van der Waals surface area contributed by atoms with Gasteiger partial charge in [0, 0.05) is 29.4 Å². The highest BCUT2D eigenvalue weighted by Gasteiger charge is 2.47. The van der Waals surface area contributed by atoms with Gasteiger partial charge in [0.25, 0.3) is 5.91 Å². The molecule has 2 saturated carbocycles. The SMILES string of the molecule is COC(=O)N[C@H]1C2CCC1C[C@@H](S(=O)(=O)c1cc(C(=O)Nc3cc(F)c(F)c(F)c3)ccc1Cl)C2. The van der Waals surface area contributed by atoms with E-state index >= 15 is 0 Å². The van der Waals surface area contributed by atoms with Gasteiger partial charge in [-0.3, -0.25) is 4.79 Å². The quantitative estimate of drug-likeness (QED) is 0.546. The van der Waals surface area contributed by atoms with Crippen LogP contribution in [0.1, 0.15) is 36.0 Å². The summed E-state index contributed by atoms with van der Waals surface area (Å²) in [5.41, 5.74) is -0.444. The molecule has 7 nitrogen and oxygen atoms in total. The summed E-state index contributed by atoms with van der Waals surface area (Å²) < 4.78 is 71.8. The first kappa shape index (κ1) is 25.3. The molecule has 2 aliphatic carbocycles. The molecule has 0 aliphatic heterocycles. The van der Waals surface area contributed by atoms with Crippen LogP contribution in [0.15, 0.2) is 35.2 Å². The van der Waals surface area contributed by atoms with Crippen molar-refractivity contribution in [2.75, 3.05) is 12.4 Å². The Morgan fingerprint density at radius 2 is 1.63 bits per heavy atom. The summed E-state index contributed by atoms with van der Waals surface area (Å²) in [5, 5.41) is 4.20. The fourth-order valence-electron chi connectivity index (χ4n) is 5.03. The minimum absolute atomic E-state index is 0.0406. The van der Waals surface area contributed by atoms with E-state index in [2.05, 4.69) is 15.4 Å². The van der Waals surface area contributed by atoms with Gasteiger partial charge >= 0.3 is 6.09 Å². The smallest absolute Gasteiger partial charge is 0.407 e. The van der Waals surface area contributed by atoms with E-state index in [1.807, 2.05) is 0 Å². The summed E-state index contributed by atoms with van der Waals surface area (Å²) in [7, 11) is -2.68. The molecule has 0 heterocycles. The highest BCUT2D eigenvalue weighted by atomic mass is 35.5. The number of rotatable bonds is 5. The minimum Gasteiger partial charge on any atom is -0.453 e. The van der Waals surface area contributed by atoms with E-state index in [0.717, 1.165) is 18.9 Å². The summed E-state index contributed by atoms with van der Waals surface area (Å²) in [4.78, 5) is 24.1. The van der Waals surface area contributed by atoms with Gasteiger partial charge in [-0.1, -0.05) is 11.6 Å². The molecular formula is C23H22ClF3N2O5S. The van der Waals surface area contributed by atoms with Crippen molar-refractivity contribution in [3.05, 3.63) is 58.4 Å². The lowest BCUT2D eigenvalue weighted by atomic mass is 9.84. The van der Waals surface area contributed by atoms with Crippen molar-refractivity contribution in [2.45, 2.75) is 41.9 Å².